The molecule has 396 valence electrons. The number of aliphatic hydroxyl groups is 3. The van der Waals surface area contributed by atoms with Crippen LogP contribution in [0.15, 0.2) is 30.3 Å². The van der Waals surface area contributed by atoms with Crippen LogP contribution >= 0.6 is 0 Å². The smallest absolute Gasteiger partial charge is 0.309 e. The molecule has 0 bridgehead atoms. The zero-order chi connectivity index (χ0) is 51.0. The molecule has 69 heavy (non-hydrogen) atoms. The van der Waals surface area contributed by atoms with Crippen molar-refractivity contribution >= 4 is 17.9 Å². The lowest BCUT2D eigenvalue weighted by Gasteiger charge is -2.50. The van der Waals surface area contributed by atoms with Crippen LogP contribution < -0.4 is 0 Å². The average molecular weight is 983 g/mol. The van der Waals surface area contributed by atoms with Crippen molar-refractivity contribution in [3.63, 3.8) is 0 Å². The number of esters is 3. The van der Waals surface area contributed by atoms with Gasteiger partial charge in [-0.25, -0.2) is 0 Å². The number of rotatable bonds is 19. The molecule has 10 unspecified atom stereocenters. The first kappa shape index (κ1) is 58.7. The molecule has 0 spiro atoms. The number of carbonyl (C=O) groups excluding carboxylic acids is 3. The Kier molecular flexibility index (Phi) is 24.2. The fourth-order valence-electron chi connectivity index (χ4n) is 9.96. The van der Waals surface area contributed by atoms with Crippen LogP contribution in [0.2, 0.25) is 0 Å². The van der Waals surface area contributed by atoms with E-state index in [-0.39, 0.29) is 38.0 Å². The third-order valence-electron chi connectivity index (χ3n) is 13.9. The summed E-state index contributed by atoms with van der Waals surface area (Å²) in [5.41, 5.74) is -0.221. The van der Waals surface area contributed by atoms with Crippen LogP contribution in [0.3, 0.4) is 0 Å². The van der Waals surface area contributed by atoms with Crippen molar-refractivity contribution in [3.05, 3.63) is 35.9 Å². The van der Waals surface area contributed by atoms with E-state index in [9.17, 15) is 29.7 Å². The normalized spacial score (nSPS) is 35.8. The molecule has 0 aromatic heterocycles. The van der Waals surface area contributed by atoms with Gasteiger partial charge >= 0.3 is 17.9 Å². The van der Waals surface area contributed by atoms with Crippen molar-refractivity contribution in [1.29, 1.82) is 0 Å². The molecule has 3 N–H and O–H groups in total. The predicted molar refractivity (Wildman–Crippen MR) is 255 cm³/mol. The van der Waals surface area contributed by atoms with E-state index >= 15 is 0 Å². The summed E-state index contributed by atoms with van der Waals surface area (Å²) >= 11 is 0. The van der Waals surface area contributed by atoms with Crippen LogP contribution in [0.1, 0.15) is 112 Å². The summed E-state index contributed by atoms with van der Waals surface area (Å²) in [6.45, 7) is 13.9. The maximum atomic E-state index is 13.9. The number of hydrogen-bond donors (Lipinski definition) is 3. The van der Waals surface area contributed by atoms with Crippen molar-refractivity contribution in [3.8, 4) is 0 Å². The van der Waals surface area contributed by atoms with Gasteiger partial charge < -0.3 is 72.5 Å². The lowest BCUT2D eigenvalue weighted by molar-refractivity contribution is -0.345. The van der Waals surface area contributed by atoms with Gasteiger partial charge in [0.25, 0.3) is 0 Å². The third-order valence-corrected chi connectivity index (χ3v) is 13.9. The van der Waals surface area contributed by atoms with Gasteiger partial charge in [0.15, 0.2) is 25.0 Å². The van der Waals surface area contributed by atoms with E-state index < -0.39 is 115 Å². The first-order valence-electron chi connectivity index (χ1n) is 25.0. The molecular weight excluding hydrogens is 897 g/mol. The van der Waals surface area contributed by atoms with E-state index in [1.54, 1.807) is 53.6 Å². The average Bonchev–Trinajstić information content (AvgIpc) is 3.30. The van der Waals surface area contributed by atoms with Crippen molar-refractivity contribution in [2.24, 2.45) is 11.8 Å². The van der Waals surface area contributed by atoms with Gasteiger partial charge in [-0.1, -0.05) is 51.1 Å². The van der Waals surface area contributed by atoms with Crippen LogP contribution in [0, 0.1) is 11.8 Å². The summed E-state index contributed by atoms with van der Waals surface area (Å²) in [6.07, 6.45) is -8.73. The predicted octanol–water partition coefficient (Wildman–Crippen LogP) is 4.40. The van der Waals surface area contributed by atoms with E-state index in [0.717, 1.165) is 25.8 Å². The van der Waals surface area contributed by atoms with Gasteiger partial charge in [-0.3, -0.25) is 14.4 Å². The molecule has 0 radical (unpaired) electrons. The number of nitrogens with zero attached hydrogens (tertiary/aromatic N) is 2. The summed E-state index contributed by atoms with van der Waals surface area (Å²) in [6, 6.07) is 9.57. The molecule has 3 aliphatic heterocycles. The molecule has 18 nitrogen and oxygen atoms in total. The fraction of sp³-hybridized carbons (Fsp3) is 0.824. The molecule has 4 rings (SSSR count). The van der Waals surface area contributed by atoms with Gasteiger partial charge in [0.1, 0.15) is 36.1 Å². The number of carbonyl (C=O) groups is 3. The lowest BCUT2D eigenvalue weighted by atomic mass is 9.82. The number of cyclic esters (lactones) is 1. The van der Waals surface area contributed by atoms with Crippen LogP contribution in [-0.4, -0.2) is 190 Å². The summed E-state index contributed by atoms with van der Waals surface area (Å²) in [5.74, 6) is -2.55. The number of ether oxygens (including phenoxy) is 10. The largest absolute Gasteiger partial charge is 0.463 e. The number of unbranched alkanes of at least 4 members (excludes halogenated alkanes) is 1. The van der Waals surface area contributed by atoms with Crippen LogP contribution in [0.5, 0.6) is 0 Å². The topological polar surface area (TPSA) is 211 Å². The highest BCUT2D eigenvalue weighted by Crippen LogP contribution is 2.38. The Morgan fingerprint density at radius 2 is 1.57 bits per heavy atom. The minimum atomic E-state index is -1.49. The standard InChI is InChI=1S/C51H86N2O16/c1-13-39(55)66-38-28-41(57)63-32(4)23-25-53(24-19-18-22-35-20-16-15-17-21-35)30-37(54)31(3)26-36(27-42(60-10)61-11)47(48(38)62-12)69-50-45(58)44(52(8)9)46(33(5)65-50)68-43-29-51(7,59)49(34(6)64-43)67-40(56)14-2/h15-17,20-21,31-34,36-38,42-50,54,58-59H,13-14,18-19,22-30H2,1-12H3/t31-,32-,33?,34?,36-,37+,38-,43?,44?,45?,46?,47+,48?,49?,50?,51?/m1/s1. The van der Waals surface area contributed by atoms with Gasteiger partial charge in [0.05, 0.1) is 36.9 Å². The molecule has 3 saturated heterocycles. The van der Waals surface area contributed by atoms with E-state index in [2.05, 4.69) is 17.0 Å². The number of likely N-dealkylation sites (N-methyl/N-ethyl adjacent to an activating group) is 1. The first-order valence-corrected chi connectivity index (χ1v) is 25.0. The number of benzene rings is 1. The molecule has 0 saturated carbocycles. The summed E-state index contributed by atoms with van der Waals surface area (Å²) in [5, 5.41) is 35.9. The fourth-order valence-corrected chi connectivity index (χ4v) is 9.96. The molecule has 0 aliphatic carbocycles. The second kappa shape index (κ2) is 28.4. The Morgan fingerprint density at radius 1 is 0.899 bits per heavy atom. The second-order valence-electron chi connectivity index (χ2n) is 19.7. The Bertz CT molecular complexity index is 1670. The maximum Gasteiger partial charge on any atom is 0.309 e. The Labute approximate surface area is 410 Å². The number of aliphatic hydroxyl groups excluding tert-OH is 2. The minimum Gasteiger partial charge on any atom is -0.463 e. The zero-order valence-corrected chi connectivity index (χ0v) is 43.4. The van der Waals surface area contributed by atoms with Gasteiger partial charge in [0.2, 0.25) is 0 Å². The van der Waals surface area contributed by atoms with Crippen LogP contribution in [-0.2, 0) is 68.2 Å². The van der Waals surface area contributed by atoms with E-state index in [0.29, 0.717) is 25.9 Å². The molecule has 1 aromatic rings. The van der Waals surface area contributed by atoms with E-state index in [4.69, 9.17) is 47.4 Å². The number of methoxy groups -OCH3 is 3. The lowest BCUT2D eigenvalue weighted by Crippen LogP contribution is -2.66. The molecule has 3 aliphatic rings. The molecule has 16 atom stereocenters. The molecule has 0 amide bonds. The van der Waals surface area contributed by atoms with Crippen molar-refractivity contribution in [2.45, 2.75) is 204 Å². The quantitative estimate of drug-likeness (QED) is 0.0759. The molecule has 3 heterocycles. The van der Waals surface area contributed by atoms with Gasteiger partial charge in [-0.2, -0.15) is 0 Å². The zero-order valence-electron chi connectivity index (χ0n) is 43.4. The second-order valence-corrected chi connectivity index (χ2v) is 19.7. The monoisotopic (exact) mass is 983 g/mol. The minimum absolute atomic E-state index is 0.0184. The highest BCUT2D eigenvalue weighted by Gasteiger charge is 2.53. The van der Waals surface area contributed by atoms with E-state index in [1.165, 1.54) is 26.9 Å². The maximum absolute atomic E-state index is 13.9. The third kappa shape index (κ3) is 17.4. The Morgan fingerprint density at radius 3 is 2.17 bits per heavy atom. The SMILES string of the molecule is CCC(=O)OC1C(C)OC(OC2C(C)OC(O[C@@H]3C(OC)[C@H](OC(=O)CC)CC(=O)O[C@H](C)CCN(CCCCc4ccccc4)C[C@H](O)[C@H](C)C[C@@H]3CC(OC)OC)C(O)C2N(C)C)CC1(C)O. The van der Waals surface area contributed by atoms with Gasteiger partial charge in [-0.05, 0) is 97.8 Å². The van der Waals surface area contributed by atoms with Gasteiger partial charge in [0, 0.05) is 60.1 Å². The molecule has 3 fully saturated rings. The van der Waals surface area contributed by atoms with Crippen LogP contribution in [0.25, 0.3) is 0 Å². The van der Waals surface area contributed by atoms with E-state index in [1.807, 2.05) is 32.0 Å². The van der Waals surface area contributed by atoms with Crippen molar-refractivity contribution in [1.82, 2.24) is 9.80 Å². The Balaban J connectivity index is 1.70. The van der Waals surface area contributed by atoms with Crippen LogP contribution in [0.4, 0.5) is 0 Å². The molecule has 1 aromatic carbocycles. The summed E-state index contributed by atoms with van der Waals surface area (Å²) < 4.78 is 61.6. The number of aryl methyl sites for hydroxylation is 1. The molecule has 18 heteroatoms. The summed E-state index contributed by atoms with van der Waals surface area (Å²) in [7, 11) is 8.05. The van der Waals surface area contributed by atoms with Gasteiger partial charge in [-0.15, -0.1) is 0 Å². The first-order chi connectivity index (χ1) is 32.7. The van der Waals surface area contributed by atoms with Crippen molar-refractivity contribution < 1.29 is 77.1 Å². The van der Waals surface area contributed by atoms with Crippen molar-refractivity contribution in [2.75, 3.05) is 55.1 Å². The highest BCUT2D eigenvalue weighted by atomic mass is 16.7. The number of hydrogen-bond acceptors (Lipinski definition) is 18. The highest BCUT2D eigenvalue weighted by molar-refractivity contribution is 5.72. The number of β-amino-alcohol motifs (C(OH)–C–C–N with tert-alkyl or cyclic N) is 1. The molecular formula is C51H86N2O16. The summed E-state index contributed by atoms with van der Waals surface area (Å²) in [4.78, 5) is 43.3. The Hall–Kier alpha value is -2.85.